The van der Waals surface area contributed by atoms with Crippen LogP contribution >= 0.6 is 11.6 Å². The summed E-state index contributed by atoms with van der Waals surface area (Å²) in [6.07, 6.45) is 0.0842. The SMILES string of the molecule is CCOC(=O)C1=NN(c2ccccc2)[C@H](C(=O)Nc2cc(Cl)ccc2O)C1. The molecule has 0 aliphatic carbocycles. The Labute approximate surface area is 161 Å². The van der Waals surface area contributed by atoms with E-state index in [2.05, 4.69) is 10.4 Å². The van der Waals surface area contributed by atoms with Gasteiger partial charge in [-0.1, -0.05) is 29.8 Å². The molecular weight excluding hydrogens is 370 g/mol. The first-order valence-electron chi connectivity index (χ1n) is 8.38. The molecule has 7 nitrogen and oxygen atoms in total. The van der Waals surface area contributed by atoms with Crippen LogP contribution < -0.4 is 10.3 Å². The Kier molecular flexibility index (Phi) is 5.61. The molecule has 2 aromatic rings. The number of hydrogen-bond donors (Lipinski definition) is 2. The van der Waals surface area contributed by atoms with E-state index < -0.39 is 17.9 Å². The van der Waals surface area contributed by atoms with E-state index in [1.807, 2.05) is 18.2 Å². The van der Waals surface area contributed by atoms with Crippen molar-refractivity contribution in [1.29, 1.82) is 0 Å². The van der Waals surface area contributed by atoms with Gasteiger partial charge >= 0.3 is 5.97 Å². The molecule has 0 saturated carbocycles. The van der Waals surface area contributed by atoms with Crippen LogP contribution in [0.25, 0.3) is 0 Å². The number of nitrogens with zero attached hydrogens (tertiary/aromatic N) is 2. The lowest BCUT2D eigenvalue weighted by Crippen LogP contribution is -2.38. The van der Waals surface area contributed by atoms with Crippen LogP contribution in [0.5, 0.6) is 5.75 Å². The molecule has 8 heteroatoms. The molecule has 0 saturated heterocycles. The number of ether oxygens (including phenoxy) is 1. The van der Waals surface area contributed by atoms with Crippen LogP contribution in [0, 0.1) is 0 Å². The summed E-state index contributed by atoms with van der Waals surface area (Å²) in [4.78, 5) is 24.9. The Bertz CT molecular complexity index is 886. The second-order valence-corrected chi connectivity index (χ2v) is 6.25. The molecule has 140 valence electrons. The maximum atomic E-state index is 12.9. The second kappa shape index (κ2) is 8.09. The number of aromatic hydroxyl groups is 1. The van der Waals surface area contributed by atoms with E-state index >= 15 is 0 Å². The molecule has 0 spiro atoms. The molecule has 1 aliphatic rings. The fourth-order valence-corrected chi connectivity index (χ4v) is 2.87. The van der Waals surface area contributed by atoms with Crippen LogP contribution in [0.4, 0.5) is 11.4 Å². The Hall–Kier alpha value is -3.06. The van der Waals surface area contributed by atoms with Crippen LogP contribution in [-0.4, -0.2) is 35.3 Å². The molecule has 0 bridgehead atoms. The largest absolute Gasteiger partial charge is 0.506 e. The number of esters is 1. The fraction of sp³-hybridized carbons (Fsp3) is 0.211. The van der Waals surface area contributed by atoms with E-state index in [1.165, 1.54) is 23.2 Å². The Morgan fingerprint density at radius 2 is 2.04 bits per heavy atom. The molecule has 1 heterocycles. The number of amides is 1. The molecule has 0 aromatic heterocycles. The maximum absolute atomic E-state index is 12.9. The summed E-state index contributed by atoms with van der Waals surface area (Å²) in [7, 11) is 0. The summed E-state index contributed by atoms with van der Waals surface area (Å²) in [6.45, 7) is 1.92. The van der Waals surface area contributed by atoms with Gasteiger partial charge < -0.3 is 15.2 Å². The van der Waals surface area contributed by atoms with Crippen LogP contribution in [-0.2, 0) is 14.3 Å². The first-order valence-corrected chi connectivity index (χ1v) is 8.75. The number of phenols is 1. The summed E-state index contributed by atoms with van der Waals surface area (Å²) >= 11 is 5.93. The van der Waals surface area contributed by atoms with Crippen LogP contribution in [0.2, 0.25) is 5.02 Å². The maximum Gasteiger partial charge on any atom is 0.354 e. The van der Waals surface area contributed by atoms with Crippen molar-refractivity contribution < 1.29 is 19.4 Å². The van der Waals surface area contributed by atoms with Crippen molar-refractivity contribution in [2.45, 2.75) is 19.4 Å². The summed E-state index contributed by atoms with van der Waals surface area (Å²) in [5, 5.41) is 18.7. The van der Waals surface area contributed by atoms with Gasteiger partial charge in [-0.2, -0.15) is 5.10 Å². The van der Waals surface area contributed by atoms with Gasteiger partial charge in [-0.25, -0.2) is 4.79 Å². The average Bonchev–Trinajstić information content (AvgIpc) is 3.11. The molecule has 0 radical (unpaired) electrons. The van der Waals surface area contributed by atoms with Gasteiger partial charge in [0.1, 0.15) is 17.5 Å². The number of phenolic OH excluding ortho intramolecular Hbond substituents is 1. The molecular formula is C19H18ClN3O4. The third-order valence-corrected chi connectivity index (χ3v) is 4.20. The van der Waals surface area contributed by atoms with Crippen molar-refractivity contribution >= 4 is 40.6 Å². The first kappa shape index (κ1) is 18.7. The predicted molar refractivity (Wildman–Crippen MR) is 103 cm³/mol. The van der Waals surface area contributed by atoms with Crippen LogP contribution in [0.3, 0.4) is 0 Å². The smallest absolute Gasteiger partial charge is 0.354 e. The van der Waals surface area contributed by atoms with E-state index in [9.17, 15) is 14.7 Å². The van der Waals surface area contributed by atoms with Crippen molar-refractivity contribution in [3.8, 4) is 5.75 Å². The molecule has 2 aromatic carbocycles. The monoisotopic (exact) mass is 387 g/mol. The molecule has 1 aliphatic heterocycles. The van der Waals surface area contributed by atoms with Gasteiger partial charge in [-0.05, 0) is 37.3 Å². The number of para-hydroxylation sites is 1. The highest BCUT2D eigenvalue weighted by atomic mass is 35.5. The molecule has 1 amide bonds. The van der Waals surface area contributed by atoms with Crippen molar-refractivity contribution in [3.05, 3.63) is 53.6 Å². The lowest BCUT2D eigenvalue weighted by Gasteiger charge is -2.23. The highest BCUT2D eigenvalue weighted by Crippen LogP contribution is 2.29. The minimum atomic E-state index is -0.773. The number of anilines is 2. The highest BCUT2D eigenvalue weighted by Gasteiger charge is 2.37. The Morgan fingerprint density at radius 1 is 1.30 bits per heavy atom. The number of halogens is 1. The number of carbonyl (C=O) groups excluding carboxylic acids is 2. The number of nitrogens with one attached hydrogen (secondary N) is 1. The number of hydrazone groups is 1. The van der Waals surface area contributed by atoms with Crippen LogP contribution in [0.15, 0.2) is 53.6 Å². The van der Waals surface area contributed by atoms with E-state index in [-0.39, 0.29) is 30.2 Å². The normalized spacial score (nSPS) is 16.0. The lowest BCUT2D eigenvalue weighted by molar-refractivity contribution is -0.135. The molecule has 27 heavy (non-hydrogen) atoms. The minimum absolute atomic E-state index is 0.0842. The van der Waals surface area contributed by atoms with Gasteiger partial charge in [-0.3, -0.25) is 9.80 Å². The number of carbonyl (C=O) groups is 2. The summed E-state index contributed by atoms with van der Waals surface area (Å²) in [5.41, 5.74) is 1.01. The van der Waals surface area contributed by atoms with E-state index in [1.54, 1.807) is 19.1 Å². The van der Waals surface area contributed by atoms with Gasteiger partial charge in [0.15, 0.2) is 0 Å². The molecule has 2 N–H and O–H groups in total. The topological polar surface area (TPSA) is 91.2 Å². The average molecular weight is 388 g/mol. The quantitative estimate of drug-likeness (QED) is 0.607. The van der Waals surface area contributed by atoms with Crippen molar-refractivity contribution in [2.75, 3.05) is 16.9 Å². The van der Waals surface area contributed by atoms with E-state index in [4.69, 9.17) is 16.3 Å². The minimum Gasteiger partial charge on any atom is -0.506 e. The van der Waals surface area contributed by atoms with Gasteiger partial charge in [0, 0.05) is 11.4 Å². The Balaban J connectivity index is 1.86. The third-order valence-electron chi connectivity index (χ3n) is 3.96. The van der Waals surface area contributed by atoms with Crippen LogP contribution in [0.1, 0.15) is 13.3 Å². The number of rotatable bonds is 5. The van der Waals surface area contributed by atoms with Crippen molar-refractivity contribution in [2.24, 2.45) is 5.10 Å². The van der Waals surface area contributed by atoms with Gasteiger partial charge in [0.25, 0.3) is 0 Å². The van der Waals surface area contributed by atoms with E-state index in [0.717, 1.165) is 0 Å². The second-order valence-electron chi connectivity index (χ2n) is 5.82. The zero-order valence-electron chi connectivity index (χ0n) is 14.6. The zero-order valence-corrected chi connectivity index (χ0v) is 15.3. The van der Waals surface area contributed by atoms with Crippen molar-refractivity contribution in [1.82, 2.24) is 0 Å². The number of benzene rings is 2. The fourth-order valence-electron chi connectivity index (χ4n) is 2.70. The lowest BCUT2D eigenvalue weighted by atomic mass is 10.1. The molecule has 1 atom stereocenters. The summed E-state index contributed by atoms with van der Waals surface area (Å²) in [6, 6.07) is 12.6. The molecule has 3 rings (SSSR count). The van der Waals surface area contributed by atoms with E-state index in [0.29, 0.717) is 10.7 Å². The van der Waals surface area contributed by atoms with Gasteiger partial charge in [-0.15, -0.1) is 0 Å². The standard InChI is InChI=1S/C19H18ClN3O4/c1-2-27-19(26)15-11-16(23(22-15)13-6-4-3-5-7-13)18(25)21-14-10-12(20)8-9-17(14)24/h3-10,16,24H,2,11H2,1H3,(H,21,25)/t16-/m0/s1. The summed E-state index contributed by atoms with van der Waals surface area (Å²) < 4.78 is 5.01. The molecule has 0 fully saturated rings. The van der Waals surface area contributed by atoms with Crippen molar-refractivity contribution in [3.63, 3.8) is 0 Å². The molecule has 0 unspecified atom stereocenters. The first-order chi connectivity index (χ1) is 13.0. The van der Waals surface area contributed by atoms with Gasteiger partial charge in [0.2, 0.25) is 5.91 Å². The predicted octanol–water partition coefficient (Wildman–Crippen LogP) is 3.18. The highest BCUT2D eigenvalue weighted by molar-refractivity contribution is 6.38. The third kappa shape index (κ3) is 4.20. The zero-order chi connectivity index (χ0) is 19.4. The van der Waals surface area contributed by atoms with Gasteiger partial charge in [0.05, 0.1) is 18.0 Å². The number of hydrogen-bond acceptors (Lipinski definition) is 6. The summed E-state index contributed by atoms with van der Waals surface area (Å²) in [5.74, 6) is -1.10. The Morgan fingerprint density at radius 3 is 2.74 bits per heavy atom.